The van der Waals surface area contributed by atoms with Crippen LogP contribution >= 0.6 is 0 Å². The first-order valence-corrected chi connectivity index (χ1v) is 12.4. The van der Waals surface area contributed by atoms with E-state index in [2.05, 4.69) is 0 Å². The molecule has 31 heavy (non-hydrogen) atoms. The van der Waals surface area contributed by atoms with Gasteiger partial charge in [-0.2, -0.15) is 0 Å². The Hall–Kier alpha value is -0.00623. The number of ether oxygens (including phenoxy) is 1. The molecule has 0 aliphatic rings. The van der Waals surface area contributed by atoms with E-state index in [0.29, 0.717) is 6.42 Å². The van der Waals surface area contributed by atoms with Gasteiger partial charge in [0.2, 0.25) is 0 Å². The molecule has 0 fully saturated rings. The summed E-state index contributed by atoms with van der Waals surface area (Å²) in [5.74, 6) is 0. The van der Waals surface area contributed by atoms with Crippen LogP contribution in [-0.4, -0.2) is 115 Å². The Morgan fingerprint density at radius 1 is 0.677 bits per heavy atom. The van der Waals surface area contributed by atoms with E-state index in [1.807, 2.05) is 0 Å². The predicted molar refractivity (Wildman–Crippen MR) is 127 cm³/mol. The highest BCUT2D eigenvalue weighted by molar-refractivity contribution is 6.59. The number of aliphatic hydroxyl groups excluding tert-OH is 4. The number of hydrogen-bond acceptors (Lipinski definition) is 11. The van der Waals surface area contributed by atoms with E-state index >= 15 is 0 Å². The van der Waals surface area contributed by atoms with Crippen molar-refractivity contribution in [3.63, 3.8) is 0 Å². The van der Waals surface area contributed by atoms with Gasteiger partial charge in [0.05, 0.1) is 38.6 Å². The minimum absolute atomic E-state index is 0. The van der Waals surface area contributed by atoms with E-state index in [-0.39, 0.29) is 74.6 Å². The summed E-state index contributed by atoms with van der Waals surface area (Å²) in [5, 5.41) is 35.3. The molecule has 0 spiro atoms. The summed E-state index contributed by atoms with van der Waals surface area (Å²) in [6, 6.07) is 0.533. The summed E-state index contributed by atoms with van der Waals surface area (Å²) in [6.07, 6.45) is -0.869. The Balaban J connectivity index is -0.0000000909. The molecule has 0 aliphatic heterocycles. The van der Waals surface area contributed by atoms with Crippen molar-refractivity contribution >= 4 is 17.6 Å². The third-order valence-electron chi connectivity index (χ3n) is 3.62. The second-order valence-electron chi connectivity index (χ2n) is 5.61. The average molecular weight is 501 g/mol. The second-order valence-corrected chi connectivity index (χ2v) is 11.1. The smallest absolute Gasteiger partial charge is 0.394 e. The van der Waals surface area contributed by atoms with Crippen molar-refractivity contribution in [3.8, 4) is 0 Å². The fourth-order valence-corrected chi connectivity index (χ4v) is 4.28. The Bertz CT molecular complexity index is 334. The van der Waals surface area contributed by atoms with Crippen LogP contribution in [-0.2, 0) is 22.4 Å². The second kappa shape index (κ2) is 26.2. The molecule has 0 amide bonds. The van der Waals surface area contributed by atoms with Gasteiger partial charge in [0, 0.05) is 40.5 Å². The fraction of sp³-hybridized carbons (Fsp3) is 1.00. The van der Waals surface area contributed by atoms with Crippen molar-refractivity contribution in [1.82, 2.24) is 0 Å². The first kappa shape index (κ1) is 44.6. The van der Waals surface area contributed by atoms with Crippen molar-refractivity contribution < 1.29 is 52.5 Å². The lowest BCUT2D eigenvalue weighted by atomic mass is 10.3. The fourth-order valence-electron chi connectivity index (χ4n) is 1.73. The molecule has 2 atom stereocenters. The molecule has 0 bridgehead atoms. The Morgan fingerprint density at radius 3 is 1.32 bits per heavy atom. The first-order chi connectivity index (χ1) is 12.7. The van der Waals surface area contributed by atoms with Crippen molar-refractivity contribution in [1.29, 1.82) is 0 Å². The maximum atomic E-state index is 9.65. The molecule has 0 aromatic heterocycles. The summed E-state index contributed by atoms with van der Waals surface area (Å²) in [7, 11) is -0.637. The van der Waals surface area contributed by atoms with Crippen LogP contribution in [0.15, 0.2) is 0 Å². The van der Waals surface area contributed by atoms with Gasteiger partial charge in [-0.25, -0.2) is 0 Å². The minimum atomic E-state index is -3.07. The van der Waals surface area contributed by atoms with Crippen LogP contribution in [0.2, 0.25) is 12.1 Å². The van der Waals surface area contributed by atoms with Gasteiger partial charge in [-0.1, -0.05) is 29.7 Å². The SMILES string of the molecule is C.C.C.C.CO[Si](O)(CCC(O)CO)OC.CO[Si](O)(CCC(O)COCCO)OC. The summed E-state index contributed by atoms with van der Waals surface area (Å²) in [4.78, 5) is 19.1. The number of rotatable bonds is 15. The van der Waals surface area contributed by atoms with E-state index in [0.717, 1.165) is 0 Å². The Kier molecular flexibility index (Phi) is 37.8. The molecule has 0 aromatic rings. The maximum Gasteiger partial charge on any atom is 0.497 e. The molecule has 0 aliphatic carbocycles. The highest BCUT2D eigenvalue weighted by Gasteiger charge is 2.35. The molecule has 0 aromatic carbocycles. The van der Waals surface area contributed by atoms with Gasteiger partial charge in [-0.15, -0.1) is 0 Å². The first-order valence-electron chi connectivity index (χ1n) is 8.46. The molecule has 0 radical (unpaired) electrons. The third kappa shape index (κ3) is 24.5. The highest BCUT2D eigenvalue weighted by Crippen LogP contribution is 2.13. The monoisotopic (exact) mass is 500 g/mol. The van der Waals surface area contributed by atoms with E-state index in [1.54, 1.807) is 0 Å². The lowest BCUT2D eigenvalue weighted by Crippen LogP contribution is -2.41. The van der Waals surface area contributed by atoms with Gasteiger partial charge in [-0.05, 0) is 12.8 Å². The van der Waals surface area contributed by atoms with E-state index < -0.39 is 29.8 Å². The molecule has 198 valence electrons. The third-order valence-corrected chi connectivity index (χ3v) is 8.01. The number of aliphatic hydroxyl groups is 4. The molecule has 0 saturated heterocycles. The van der Waals surface area contributed by atoms with Gasteiger partial charge in [-0.3, -0.25) is 0 Å². The summed E-state index contributed by atoms with van der Waals surface area (Å²) in [6.45, 7) is -0.0365. The van der Waals surface area contributed by atoms with E-state index in [1.165, 1.54) is 28.4 Å². The van der Waals surface area contributed by atoms with Gasteiger partial charge in [0.25, 0.3) is 0 Å². The molecule has 0 heterocycles. The van der Waals surface area contributed by atoms with Crippen LogP contribution in [0.25, 0.3) is 0 Å². The standard InChI is InChI=1S/C8H20O6Si.C6H16O5Si.4CH4/c1-12-15(11,13-2)6-3-8(10)7-14-5-4-9;1-10-12(9,11-2)4-3-6(8)5-7;;;;/h8-11H,3-7H2,1-2H3;6-9H,3-5H2,1-2H3;4*1H4. The quantitative estimate of drug-likeness (QED) is 0.137. The lowest BCUT2D eigenvalue weighted by molar-refractivity contribution is 0.0176. The molecular formula is C18H52O11Si2. The van der Waals surface area contributed by atoms with Crippen LogP contribution in [0.4, 0.5) is 0 Å². The van der Waals surface area contributed by atoms with Gasteiger partial charge in [0.15, 0.2) is 0 Å². The van der Waals surface area contributed by atoms with Gasteiger partial charge < -0.3 is 52.5 Å². The van der Waals surface area contributed by atoms with Crippen molar-refractivity contribution in [2.24, 2.45) is 0 Å². The molecule has 11 nitrogen and oxygen atoms in total. The zero-order valence-corrected chi connectivity index (χ0v) is 18.5. The summed E-state index contributed by atoms with van der Waals surface area (Å²) < 4.78 is 24.1. The van der Waals surface area contributed by atoms with E-state index in [4.69, 9.17) is 37.8 Å². The van der Waals surface area contributed by atoms with E-state index in [9.17, 15) is 14.7 Å². The number of hydrogen-bond donors (Lipinski definition) is 6. The molecule has 2 unspecified atom stereocenters. The topological polar surface area (TPSA) is 168 Å². The normalized spacial score (nSPS) is 12.6. The Morgan fingerprint density at radius 2 is 1.03 bits per heavy atom. The van der Waals surface area contributed by atoms with Crippen LogP contribution in [0.5, 0.6) is 0 Å². The Labute approximate surface area is 192 Å². The largest absolute Gasteiger partial charge is 0.497 e. The molecular weight excluding hydrogens is 448 g/mol. The predicted octanol–water partition coefficient (Wildman–Crippen LogP) is 0.468. The zero-order valence-electron chi connectivity index (χ0n) is 16.5. The van der Waals surface area contributed by atoms with Gasteiger partial charge >= 0.3 is 17.6 Å². The molecule has 0 saturated carbocycles. The summed E-state index contributed by atoms with van der Waals surface area (Å²) >= 11 is 0. The molecule has 13 heteroatoms. The van der Waals surface area contributed by atoms with Gasteiger partial charge in [0.1, 0.15) is 0 Å². The van der Waals surface area contributed by atoms with Crippen LogP contribution in [0, 0.1) is 0 Å². The van der Waals surface area contributed by atoms with Crippen LogP contribution < -0.4 is 0 Å². The highest BCUT2D eigenvalue weighted by atomic mass is 28.4. The van der Waals surface area contributed by atoms with Crippen molar-refractivity contribution in [3.05, 3.63) is 0 Å². The molecule has 6 N–H and O–H groups in total. The lowest BCUT2D eigenvalue weighted by Gasteiger charge is -2.20. The van der Waals surface area contributed by atoms with Crippen LogP contribution in [0.1, 0.15) is 42.5 Å². The minimum Gasteiger partial charge on any atom is -0.394 e. The average Bonchev–Trinajstić information content (AvgIpc) is 2.70. The summed E-state index contributed by atoms with van der Waals surface area (Å²) in [5.41, 5.74) is 0. The van der Waals surface area contributed by atoms with Crippen LogP contribution in [0.3, 0.4) is 0 Å². The molecule has 0 rings (SSSR count). The van der Waals surface area contributed by atoms with Crippen molar-refractivity contribution in [2.75, 3.05) is 54.9 Å². The zero-order chi connectivity index (χ0) is 21.3. The van der Waals surface area contributed by atoms with Crippen molar-refractivity contribution in [2.45, 2.75) is 66.8 Å². The maximum absolute atomic E-state index is 9.65.